The number of hydrogen-bond acceptors (Lipinski definition) is 4. The quantitative estimate of drug-likeness (QED) is 0.838. The third kappa shape index (κ3) is 3.33. The number of benzene rings is 1. The number of carbonyl (C=O) groups is 1. The fourth-order valence-electron chi connectivity index (χ4n) is 1.48. The smallest absolute Gasteiger partial charge is 0.250 e. The van der Waals surface area contributed by atoms with Gasteiger partial charge >= 0.3 is 0 Å². The molecule has 0 radical (unpaired) electrons. The highest BCUT2D eigenvalue weighted by Gasteiger charge is 2.10. The summed E-state index contributed by atoms with van der Waals surface area (Å²) in [5.74, 6) is -0.103. The van der Waals surface area contributed by atoms with Crippen LogP contribution in [-0.4, -0.2) is 24.5 Å². The zero-order valence-corrected chi connectivity index (χ0v) is 11.5. The van der Waals surface area contributed by atoms with Crippen LogP contribution in [0.25, 0.3) is 0 Å². The lowest BCUT2D eigenvalue weighted by molar-refractivity contribution is -0.111. The van der Waals surface area contributed by atoms with Gasteiger partial charge in [0.05, 0.1) is 11.1 Å². The summed E-state index contributed by atoms with van der Waals surface area (Å²) in [5.41, 5.74) is 0.762. The highest BCUT2D eigenvalue weighted by molar-refractivity contribution is 7.94. The maximum absolute atomic E-state index is 11.9. The van der Waals surface area contributed by atoms with Gasteiger partial charge in [-0.15, -0.1) is 0 Å². The SMILES string of the molecule is Cc1cn[nH]c1NC(=O)/C=C/S(=O)(=O)c1ccccc1. The Bertz CT molecular complexity index is 733. The molecule has 0 unspecified atom stereocenters. The molecule has 0 aliphatic heterocycles. The van der Waals surface area contributed by atoms with Crippen molar-refractivity contribution in [1.29, 1.82) is 0 Å². The maximum Gasteiger partial charge on any atom is 0.250 e. The number of nitrogens with zero attached hydrogens (tertiary/aromatic N) is 1. The van der Waals surface area contributed by atoms with Gasteiger partial charge in [0.1, 0.15) is 5.82 Å². The van der Waals surface area contributed by atoms with Crippen LogP contribution >= 0.6 is 0 Å². The second-order valence-electron chi connectivity index (χ2n) is 4.08. The maximum atomic E-state index is 11.9. The number of hydrogen-bond donors (Lipinski definition) is 2. The summed E-state index contributed by atoms with van der Waals surface area (Å²) < 4.78 is 23.8. The summed E-state index contributed by atoms with van der Waals surface area (Å²) in [7, 11) is -3.61. The summed E-state index contributed by atoms with van der Waals surface area (Å²) in [6.07, 6.45) is 2.53. The van der Waals surface area contributed by atoms with E-state index in [1.165, 1.54) is 12.1 Å². The number of amides is 1. The molecule has 0 aliphatic rings. The Balaban J connectivity index is 2.10. The van der Waals surface area contributed by atoms with Crippen LogP contribution in [0.1, 0.15) is 5.56 Å². The number of aryl methyl sites for hydroxylation is 1. The number of carbonyl (C=O) groups excluding carboxylic acids is 1. The predicted molar refractivity (Wildman–Crippen MR) is 74.7 cm³/mol. The Hall–Kier alpha value is -2.41. The summed E-state index contributed by atoms with van der Waals surface area (Å²) in [6, 6.07) is 7.90. The van der Waals surface area contributed by atoms with Gasteiger partial charge < -0.3 is 5.32 Å². The van der Waals surface area contributed by atoms with Gasteiger partial charge in [0, 0.05) is 17.0 Å². The van der Waals surface area contributed by atoms with Crippen molar-refractivity contribution in [3.05, 3.63) is 53.6 Å². The fourth-order valence-corrected chi connectivity index (χ4v) is 2.47. The Morgan fingerprint density at radius 2 is 2.00 bits per heavy atom. The zero-order valence-electron chi connectivity index (χ0n) is 10.7. The molecule has 0 spiro atoms. The van der Waals surface area contributed by atoms with E-state index in [0.717, 1.165) is 17.0 Å². The van der Waals surface area contributed by atoms with Crippen molar-refractivity contribution < 1.29 is 13.2 Å². The van der Waals surface area contributed by atoms with E-state index < -0.39 is 15.7 Å². The Morgan fingerprint density at radius 3 is 2.60 bits per heavy atom. The molecule has 6 nitrogen and oxygen atoms in total. The van der Waals surface area contributed by atoms with E-state index in [2.05, 4.69) is 15.5 Å². The van der Waals surface area contributed by atoms with Crippen LogP contribution in [0.3, 0.4) is 0 Å². The Kier molecular flexibility index (Phi) is 3.99. The number of aromatic nitrogens is 2. The predicted octanol–water partition coefficient (Wildman–Crippen LogP) is 1.64. The molecule has 2 aromatic rings. The van der Waals surface area contributed by atoms with Crippen molar-refractivity contribution in [2.24, 2.45) is 0 Å². The van der Waals surface area contributed by atoms with Crippen LogP contribution in [-0.2, 0) is 14.6 Å². The summed E-state index contributed by atoms with van der Waals surface area (Å²) in [4.78, 5) is 11.8. The van der Waals surface area contributed by atoms with E-state index in [1.807, 2.05) is 0 Å². The van der Waals surface area contributed by atoms with E-state index in [-0.39, 0.29) is 4.90 Å². The second-order valence-corrected chi connectivity index (χ2v) is 5.91. The first-order valence-electron chi connectivity index (χ1n) is 5.78. The third-order valence-corrected chi connectivity index (χ3v) is 3.97. The van der Waals surface area contributed by atoms with E-state index >= 15 is 0 Å². The Labute approximate surface area is 116 Å². The Morgan fingerprint density at radius 1 is 1.30 bits per heavy atom. The molecule has 1 amide bonds. The molecule has 0 saturated carbocycles. The standard InChI is InChI=1S/C13H13N3O3S/c1-10-9-14-16-13(10)15-12(17)7-8-20(18,19)11-5-3-2-4-6-11/h2-9H,1H3,(H2,14,15,16,17)/b8-7+. The third-order valence-electron chi connectivity index (χ3n) is 2.55. The van der Waals surface area contributed by atoms with Crippen molar-refractivity contribution in [1.82, 2.24) is 10.2 Å². The summed E-state index contributed by atoms with van der Waals surface area (Å²) in [5, 5.41) is 9.73. The molecular weight excluding hydrogens is 278 g/mol. The zero-order chi connectivity index (χ0) is 14.6. The molecule has 2 N–H and O–H groups in total. The van der Waals surface area contributed by atoms with Gasteiger partial charge in [0.25, 0.3) is 0 Å². The van der Waals surface area contributed by atoms with Crippen LogP contribution in [0.15, 0.2) is 52.9 Å². The van der Waals surface area contributed by atoms with Gasteiger partial charge in [-0.2, -0.15) is 5.10 Å². The van der Waals surface area contributed by atoms with Gasteiger partial charge in [-0.1, -0.05) is 18.2 Å². The average molecular weight is 291 g/mol. The van der Waals surface area contributed by atoms with E-state index in [1.54, 1.807) is 31.3 Å². The number of sulfone groups is 1. The second kappa shape index (κ2) is 5.70. The highest BCUT2D eigenvalue weighted by atomic mass is 32.2. The van der Waals surface area contributed by atoms with Gasteiger partial charge in [-0.3, -0.25) is 9.89 Å². The van der Waals surface area contributed by atoms with Crippen molar-refractivity contribution >= 4 is 21.6 Å². The number of aromatic amines is 1. The number of rotatable bonds is 4. The monoisotopic (exact) mass is 291 g/mol. The molecule has 1 aromatic carbocycles. The number of H-pyrrole nitrogens is 1. The number of anilines is 1. The minimum Gasteiger partial charge on any atom is -0.307 e. The molecule has 1 aromatic heterocycles. The van der Waals surface area contributed by atoms with Gasteiger partial charge in [-0.05, 0) is 19.1 Å². The van der Waals surface area contributed by atoms with Gasteiger partial charge in [-0.25, -0.2) is 8.42 Å². The van der Waals surface area contributed by atoms with Crippen molar-refractivity contribution in [3.63, 3.8) is 0 Å². The summed E-state index contributed by atoms with van der Waals surface area (Å²) >= 11 is 0. The molecule has 2 rings (SSSR count). The average Bonchev–Trinajstić information content (AvgIpc) is 2.83. The first kappa shape index (κ1) is 14.0. The molecule has 1 heterocycles. The first-order chi connectivity index (χ1) is 9.49. The van der Waals surface area contributed by atoms with Crippen LogP contribution in [0.2, 0.25) is 0 Å². The van der Waals surface area contributed by atoms with Crippen LogP contribution in [0.5, 0.6) is 0 Å². The molecule has 0 fully saturated rings. The van der Waals surface area contributed by atoms with E-state index in [0.29, 0.717) is 5.82 Å². The van der Waals surface area contributed by atoms with E-state index in [9.17, 15) is 13.2 Å². The minimum absolute atomic E-state index is 0.141. The van der Waals surface area contributed by atoms with Crippen molar-refractivity contribution in [2.45, 2.75) is 11.8 Å². The molecule has 0 bridgehead atoms. The molecular formula is C13H13N3O3S. The molecule has 20 heavy (non-hydrogen) atoms. The largest absolute Gasteiger partial charge is 0.307 e. The first-order valence-corrected chi connectivity index (χ1v) is 7.33. The molecule has 104 valence electrons. The van der Waals surface area contributed by atoms with E-state index in [4.69, 9.17) is 0 Å². The molecule has 7 heteroatoms. The van der Waals surface area contributed by atoms with Gasteiger partial charge in [0.2, 0.25) is 5.91 Å². The van der Waals surface area contributed by atoms with Crippen LogP contribution < -0.4 is 5.32 Å². The van der Waals surface area contributed by atoms with Crippen molar-refractivity contribution in [3.8, 4) is 0 Å². The lowest BCUT2D eigenvalue weighted by atomic mass is 10.4. The van der Waals surface area contributed by atoms with Crippen molar-refractivity contribution in [2.75, 3.05) is 5.32 Å². The number of nitrogens with one attached hydrogen (secondary N) is 2. The topological polar surface area (TPSA) is 91.9 Å². The lowest BCUT2D eigenvalue weighted by Crippen LogP contribution is -2.10. The summed E-state index contributed by atoms with van der Waals surface area (Å²) in [6.45, 7) is 1.77. The molecule has 0 atom stereocenters. The molecule has 0 aliphatic carbocycles. The fraction of sp³-hybridized carbons (Fsp3) is 0.0769. The molecule has 0 saturated heterocycles. The minimum atomic E-state index is -3.61. The lowest BCUT2D eigenvalue weighted by Gasteiger charge is -2.00. The normalized spacial score (nSPS) is 11.7. The van der Waals surface area contributed by atoms with Gasteiger partial charge in [0.15, 0.2) is 9.84 Å². The van der Waals surface area contributed by atoms with Crippen LogP contribution in [0.4, 0.5) is 5.82 Å². The van der Waals surface area contributed by atoms with Crippen LogP contribution in [0, 0.1) is 6.92 Å². The highest BCUT2D eigenvalue weighted by Crippen LogP contribution is 2.12.